The fraction of sp³-hybridized carbons (Fsp3) is 0.500. The number of ether oxygens (including phenoxy) is 2. The highest BCUT2D eigenvalue weighted by Crippen LogP contribution is 2.24. The fourth-order valence-electron chi connectivity index (χ4n) is 2.26. The molecular formula is C16H21N3O5. The van der Waals surface area contributed by atoms with Crippen LogP contribution in [0.25, 0.3) is 0 Å². The van der Waals surface area contributed by atoms with E-state index < -0.39 is 17.7 Å². The van der Waals surface area contributed by atoms with Crippen LogP contribution < -0.4 is 10.2 Å². The topological polar surface area (TPSA) is 97.8 Å². The fourth-order valence-corrected chi connectivity index (χ4v) is 2.26. The molecule has 24 heavy (non-hydrogen) atoms. The maximum Gasteiger partial charge on any atom is 0.412 e. The lowest BCUT2D eigenvalue weighted by molar-refractivity contribution is -0.117. The molecule has 2 heterocycles. The highest BCUT2D eigenvalue weighted by atomic mass is 16.6. The molecule has 1 saturated heterocycles. The average Bonchev–Trinajstić information content (AvgIpc) is 2.91. The monoisotopic (exact) mass is 335 g/mol. The number of carbonyl (C=O) groups is 3. The molecule has 2 rings (SSSR count). The van der Waals surface area contributed by atoms with E-state index in [4.69, 9.17) is 9.47 Å². The molecule has 1 fully saturated rings. The van der Waals surface area contributed by atoms with E-state index in [1.807, 2.05) is 0 Å². The Labute approximate surface area is 140 Å². The molecule has 0 atom stereocenters. The average molecular weight is 335 g/mol. The number of nitrogens with one attached hydrogen (secondary N) is 1. The number of pyridine rings is 1. The summed E-state index contributed by atoms with van der Waals surface area (Å²) in [5, 5.41) is 2.48. The van der Waals surface area contributed by atoms with E-state index >= 15 is 0 Å². The Balaban J connectivity index is 2.29. The third kappa shape index (κ3) is 4.21. The SMILES string of the molecule is COC(=O)c1nc(N2CCCC2=O)ccc1NC(=O)OC(C)(C)C. The Morgan fingerprint density at radius 2 is 2.00 bits per heavy atom. The van der Waals surface area contributed by atoms with Gasteiger partial charge >= 0.3 is 12.1 Å². The van der Waals surface area contributed by atoms with Gasteiger partial charge in [-0.05, 0) is 39.3 Å². The van der Waals surface area contributed by atoms with Crippen LogP contribution in [0, 0.1) is 0 Å². The number of esters is 1. The zero-order valence-electron chi connectivity index (χ0n) is 14.2. The lowest BCUT2D eigenvalue weighted by Gasteiger charge is -2.21. The number of aromatic nitrogens is 1. The Bertz CT molecular complexity index is 666. The highest BCUT2D eigenvalue weighted by molar-refractivity contribution is 6.00. The second kappa shape index (κ2) is 6.86. The van der Waals surface area contributed by atoms with Gasteiger partial charge in [-0.15, -0.1) is 0 Å². The number of rotatable bonds is 3. The molecule has 0 aromatic carbocycles. The smallest absolute Gasteiger partial charge is 0.412 e. The van der Waals surface area contributed by atoms with E-state index in [0.717, 1.165) is 6.42 Å². The van der Waals surface area contributed by atoms with Crippen molar-refractivity contribution in [3.8, 4) is 0 Å². The molecule has 1 aliphatic heterocycles. The van der Waals surface area contributed by atoms with Crippen LogP contribution in [0.5, 0.6) is 0 Å². The number of hydrogen-bond acceptors (Lipinski definition) is 6. The van der Waals surface area contributed by atoms with Crippen molar-refractivity contribution in [1.29, 1.82) is 0 Å². The maximum atomic E-state index is 12.0. The predicted molar refractivity (Wildman–Crippen MR) is 87.0 cm³/mol. The van der Waals surface area contributed by atoms with Crippen molar-refractivity contribution in [2.75, 3.05) is 23.9 Å². The minimum absolute atomic E-state index is 0.0498. The van der Waals surface area contributed by atoms with Gasteiger partial charge in [0.15, 0.2) is 5.69 Å². The van der Waals surface area contributed by atoms with Gasteiger partial charge in [0.05, 0.1) is 12.8 Å². The summed E-state index contributed by atoms with van der Waals surface area (Å²) in [6.45, 7) is 5.74. The van der Waals surface area contributed by atoms with Crippen LogP contribution >= 0.6 is 0 Å². The number of nitrogens with zero attached hydrogens (tertiary/aromatic N) is 2. The van der Waals surface area contributed by atoms with E-state index in [2.05, 4.69) is 10.3 Å². The van der Waals surface area contributed by atoms with Gasteiger partial charge in [-0.2, -0.15) is 0 Å². The molecule has 1 aromatic rings. The van der Waals surface area contributed by atoms with Crippen LogP contribution in [-0.2, 0) is 14.3 Å². The molecule has 0 spiro atoms. The van der Waals surface area contributed by atoms with Crippen LogP contribution in [0.3, 0.4) is 0 Å². The summed E-state index contributed by atoms with van der Waals surface area (Å²) in [4.78, 5) is 41.4. The molecule has 8 nitrogen and oxygen atoms in total. The molecule has 0 saturated carbocycles. The first-order valence-electron chi connectivity index (χ1n) is 7.61. The molecule has 0 bridgehead atoms. The summed E-state index contributed by atoms with van der Waals surface area (Å²) in [7, 11) is 1.22. The van der Waals surface area contributed by atoms with E-state index in [1.165, 1.54) is 18.1 Å². The summed E-state index contributed by atoms with van der Waals surface area (Å²) in [6.07, 6.45) is 0.485. The summed E-state index contributed by atoms with van der Waals surface area (Å²) < 4.78 is 9.87. The minimum Gasteiger partial charge on any atom is -0.464 e. The van der Waals surface area contributed by atoms with Crippen LogP contribution in [-0.4, -0.2) is 42.2 Å². The lowest BCUT2D eigenvalue weighted by atomic mass is 10.2. The Morgan fingerprint density at radius 3 is 2.54 bits per heavy atom. The van der Waals surface area contributed by atoms with Crippen molar-refractivity contribution in [2.45, 2.75) is 39.2 Å². The molecule has 1 aliphatic rings. The number of amides is 2. The van der Waals surface area contributed by atoms with Gasteiger partial charge in [0.1, 0.15) is 11.4 Å². The predicted octanol–water partition coefficient (Wildman–Crippen LogP) is 2.34. The van der Waals surface area contributed by atoms with Gasteiger partial charge in [0.25, 0.3) is 0 Å². The Kier molecular flexibility index (Phi) is 5.06. The maximum absolute atomic E-state index is 12.0. The van der Waals surface area contributed by atoms with Crippen molar-refractivity contribution in [3.05, 3.63) is 17.8 Å². The third-order valence-electron chi connectivity index (χ3n) is 3.24. The van der Waals surface area contributed by atoms with Crippen molar-refractivity contribution in [2.24, 2.45) is 0 Å². The molecule has 0 radical (unpaired) electrons. The lowest BCUT2D eigenvalue weighted by Crippen LogP contribution is -2.29. The summed E-state index contributed by atoms with van der Waals surface area (Å²) in [6, 6.07) is 3.08. The quantitative estimate of drug-likeness (QED) is 0.852. The van der Waals surface area contributed by atoms with Gasteiger partial charge in [0, 0.05) is 13.0 Å². The summed E-state index contributed by atoms with van der Waals surface area (Å²) in [5.41, 5.74) is -0.600. The molecule has 0 unspecified atom stereocenters. The van der Waals surface area contributed by atoms with Crippen LogP contribution in [0.2, 0.25) is 0 Å². The molecule has 130 valence electrons. The molecule has 2 amide bonds. The number of methoxy groups -OCH3 is 1. The molecule has 1 N–H and O–H groups in total. The molecule has 8 heteroatoms. The second-order valence-corrected chi connectivity index (χ2v) is 6.33. The zero-order valence-corrected chi connectivity index (χ0v) is 14.2. The summed E-state index contributed by atoms with van der Waals surface area (Å²) >= 11 is 0. The van der Waals surface area contributed by atoms with Crippen LogP contribution in [0.15, 0.2) is 12.1 Å². The molecular weight excluding hydrogens is 314 g/mol. The van der Waals surface area contributed by atoms with Crippen molar-refractivity contribution in [3.63, 3.8) is 0 Å². The molecule has 1 aromatic heterocycles. The standard InChI is InChI=1S/C16H21N3O5/c1-16(2,3)24-15(22)17-10-7-8-11(18-13(10)14(21)23-4)19-9-5-6-12(19)20/h7-8H,5-6,9H2,1-4H3,(H,17,22). The normalized spacial score (nSPS) is 14.5. The van der Waals surface area contributed by atoms with Crippen molar-refractivity contribution in [1.82, 2.24) is 4.98 Å². The Morgan fingerprint density at radius 1 is 1.29 bits per heavy atom. The zero-order chi connectivity index (χ0) is 17.9. The van der Waals surface area contributed by atoms with E-state index in [0.29, 0.717) is 18.8 Å². The minimum atomic E-state index is -0.713. The Hall–Kier alpha value is -2.64. The van der Waals surface area contributed by atoms with Crippen LogP contribution in [0.1, 0.15) is 44.1 Å². The van der Waals surface area contributed by atoms with E-state index in [-0.39, 0.29) is 17.3 Å². The van der Waals surface area contributed by atoms with Gasteiger partial charge < -0.3 is 9.47 Å². The van der Waals surface area contributed by atoms with Gasteiger partial charge in [0.2, 0.25) is 5.91 Å². The van der Waals surface area contributed by atoms with Crippen molar-refractivity contribution >= 4 is 29.5 Å². The summed E-state index contributed by atoms with van der Waals surface area (Å²) in [5.74, 6) is -0.409. The van der Waals surface area contributed by atoms with Crippen molar-refractivity contribution < 1.29 is 23.9 Å². The van der Waals surface area contributed by atoms with Gasteiger partial charge in [-0.1, -0.05) is 0 Å². The molecule has 0 aliphatic carbocycles. The van der Waals surface area contributed by atoms with E-state index in [1.54, 1.807) is 26.8 Å². The van der Waals surface area contributed by atoms with E-state index in [9.17, 15) is 14.4 Å². The first-order chi connectivity index (χ1) is 11.2. The largest absolute Gasteiger partial charge is 0.464 e. The van der Waals surface area contributed by atoms with Crippen LogP contribution in [0.4, 0.5) is 16.3 Å². The van der Waals surface area contributed by atoms with Gasteiger partial charge in [-0.25, -0.2) is 14.6 Å². The number of anilines is 2. The van der Waals surface area contributed by atoms with Gasteiger partial charge in [-0.3, -0.25) is 15.0 Å². The second-order valence-electron chi connectivity index (χ2n) is 6.33. The third-order valence-corrected chi connectivity index (χ3v) is 3.24. The number of hydrogen-bond donors (Lipinski definition) is 1. The highest BCUT2D eigenvalue weighted by Gasteiger charge is 2.26. The number of carbonyl (C=O) groups excluding carboxylic acids is 3. The first kappa shape index (κ1) is 17.7. The first-order valence-corrected chi connectivity index (χ1v) is 7.61.